The Bertz CT molecular complexity index is 302. The van der Waals surface area contributed by atoms with Gasteiger partial charge in [0.05, 0.1) is 24.9 Å². The molecular formula is C11H18N2O2. The van der Waals surface area contributed by atoms with Gasteiger partial charge in [-0.2, -0.15) is 0 Å². The SMILES string of the molecule is COCC(N)c1cncc(OC(C)C)c1. The second-order valence-electron chi connectivity index (χ2n) is 3.68. The van der Waals surface area contributed by atoms with Gasteiger partial charge in [0, 0.05) is 13.3 Å². The Hall–Kier alpha value is -1.13. The Morgan fingerprint density at radius 3 is 2.73 bits per heavy atom. The number of nitrogens with zero attached hydrogens (tertiary/aromatic N) is 1. The van der Waals surface area contributed by atoms with Crippen molar-refractivity contribution in [2.45, 2.75) is 26.0 Å². The van der Waals surface area contributed by atoms with Gasteiger partial charge in [-0.25, -0.2) is 0 Å². The van der Waals surface area contributed by atoms with Crippen LogP contribution in [0.1, 0.15) is 25.5 Å². The molecule has 0 fully saturated rings. The van der Waals surface area contributed by atoms with Crippen LogP contribution < -0.4 is 10.5 Å². The molecule has 1 heterocycles. The van der Waals surface area contributed by atoms with Crippen molar-refractivity contribution in [3.63, 3.8) is 0 Å². The van der Waals surface area contributed by atoms with Crippen molar-refractivity contribution in [2.75, 3.05) is 13.7 Å². The van der Waals surface area contributed by atoms with E-state index in [1.165, 1.54) is 0 Å². The lowest BCUT2D eigenvalue weighted by Crippen LogP contribution is -2.16. The molecule has 1 unspecified atom stereocenters. The summed E-state index contributed by atoms with van der Waals surface area (Å²) in [5.74, 6) is 0.744. The summed E-state index contributed by atoms with van der Waals surface area (Å²) in [6.07, 6.45) is 3.56. The third-order valence-electron chi connectivity index (χ3n) is 1.88. The van der Waals surface area contributed by atoms with Crippen molar-refractivity contribution >= 4 is 0 Å². The molecule has 0 amide bonds. The molecule has 1 aromatic rings. The summed E-state index contributed by atoms with van der Waals surface area (Å²) in [6, 6.07) is 1.75. The molecule has 0 bridgehead atoms. The van der Waals surface area contributed by atoms with Gasteiger partial charge in [-0.15, -0.1) is 0 Å². The van der Waals surface area contributed by atoms with Gasteiger partial charge in [-0.3, -0.25) is 4.98 Å². The minimum atomic E-state index is -0.154. The fourth-order valence-electron chi connectivity index (χ4n) is 1.25. The van der Waals surface area contributed by atoms with Crippen LogP contribution in [0.25, 0.3) is 0 Å². The number of pyridine rings is 1. The van der Waals surface area contributed by atoms with Gasteiger partial charge in [0.1, 0.15) is 5.75 Å². The van der Waals surface area contributed by atoms with Gasteiger partial charge in [0.2, 0.25) is 0 Å². The van der Waals surface area contributed by atoms with E-state index in [1.54, 1.807) is 19.5 Å². The van der Waals surface area contributed by atoms with Crippen molar-refractivity contribution in [2.24, 2.45) is 5.73 Å². The number of hydrogen-bond acceptors (Lipinski definition) is 4. The Labute approximate surface area is 90.4 Å². The second-order valence-corrected chi connectivity index (χ2v) is 3.68. The smallest absolute Gasteiger partial charge is 0.138 e. The Morgan fingerprint density at radius 2 is 2.13 bits per heavy atom. The van der Waals surface area contributed by atoms with Gasteiger partial charge in [-0.05, 0) is 25.5 Å². The average Bonchev–Trinajstić information content (AvgIpc) is 2.17. The van der Waals surface area contributed by atoms with Crippen LogP contribution in [0.4, 0.5) is 0 Å². The monoisotopic (exact) mass is 210 g/mol. The molecule has 1 rings (SSSR count). The zero-order valence-corrected chi connectivity index (χ0v) is 9.43. The zero-order chi connectivity index (χ0) is 11.3. The maximum atomic E-state index is 5.88. The normalized spacial score (nSPS) is 12.9. The molecule has 0 aliphatic carbocycles. The van der Waals surface area contributed by atoms with E-state index in [4.69, 9.17) is 15.2 Å². The number of aromatic nitrogens is 1. The molecular weight excluding hydrogens is 192 g/mol. The Kier molecular flexibility index (Phi) is 4.52. The number of nitrogens with two attached hydrogens (primary N) is 1. The first-order valence-electron chi connectivity index (χ1n) is 4.99. The number of methoxy groups -OCH3 is 1. The minimum Gasteiger partial charge on any atom is -0.489 e. The molecule has 4 heteroatoms. The van der Waals surface area contributed by atoms with E-state index < -0.39 is 0 Å². The third-order valence-corrected chi connectivity index (χ3v) is 1.88. The van der Waals surface area contributed by atoms with E-state index in [1.807, 2.05) is 19.9 Å². The summed E-state index contributed by atoms with van der Waals surface area (Å²) < 4.78 is 10.5. The van der Waals surface area contributed by atoms with Crippen LogP contribution in [0.3, 0.4) is 0 Å². The predicted octanol–water partition coefficient (Wildman–Crippen LogP) is 1.52. The van der Waals surface area contributed by atoms with Crippen molar-refractivity contribution in [1.82, 2.24) is 4.98 Å². The van der Waals surface area contributed by atoms with Crippen LogP contribution in [0, 0.1) is 0 Å². The highest BCUT2D eigenvalue weighted by Crippen LogP contribution is 2.17. The van der Waals surface area contributed by atoms with E-state index in [9.17, 15) is 0 Å². The standard InChI is InChI=1S/C11H18N2O2/c1-8(2)15-10-4-9(5-13-6-10)11(12)7-14-3/h4-6,8,11H,7,12H2,1-3H3. The first-order chi connectivity index (χ1) is 7.13. The summed E-state index contributed by atoms with van der Waals surface area (Å²) in [4.78, 5) is 4.08. The first kappa shape index (κ1) is 11.9. The van der Waals surface area contributed by atoms with Crippen LogP contribution in [-0.2, 0) is 4.74 Å². The molecule has 2 N–H and O–H groups in total. The number of hydrogen-bond donors (Lipinski definition) is 1. The molecule has 0 spiro atoms. The van der Waals surface area contributed by atoms with E-state index in [-0.39, 0.29) is 12.1 Å². The zero-order valence-electron chi connectivity index (χ0n) is 9.43. The number of ether oxygens (including phenoxy) is 2. The largest absolute Gasteiger partial charge is 0.489 e. The molecule has 0 radical (unpaired) electrons. The van der Waals surface area contributed by atoms with Crippen LogP contribution >= 0.6 is 0 Å². The maximum absolute atomic E-state index is 5.88. The minimum absolute atomic E-state index is 0.140. The number of rotatable bonds is 5. The molecule has 0 aromatic carbocycles. The quantitative estimate of drug-likeness (QED) is 0.800. The lowest BCUT2D eigenvalue weighted by Gasteiger charge is -2.13. The average molecular weight is 210 g/mol. The highest BCUT2D eigenvalue weighted by molar-refractivity contribution is 5.26. The predicted molar refractivity (Wildman–Crippen MR) is 58.8 cm³/mol. The summed E-state index contributed by atoms with van der Waals surface area (Å²) in [5, 5.41) is 0. The van der Waals surface area contributed by atoms with Gasteiger partial charge in [0.25, 0.3) is 0 Å². The molecule has 84 valence electrons. The first-order valence-corrected chi connectivity index (χ1v) is 4.99. The molecule has 0 aliphatic rings. The van der Waals surface area contributed by atoms with Gasteiger partial charge in [-0.1, -0.05) is 0 Å². The highest BCUT2D eigenvalue weighted by atomic mass is 16.5. The van der Waals surface area contributed by atoms with Gasteiger partial charge < -0.3 is 15.2 Å². The molecule has 0 saturated heterocycles. The summed E-state index contributed by atoms with van der Waals surface area (Å²) in [7, 11) is 1.63. The van der Waals surface area contributed by atoms with E-state index in [2.05, 4.69) is 4.98 Å². The Morgan fingerprint density at radius 1 is 1.40 bits per heavy atom. The van der Waals surface area contributed by atoms with Crippen LogP contribution in [0.5, 0.6) is 5.75 Å². The molecule has 15 heavy (non-hydrogen) atoms. The second kappa shape index (κ2) is 5.68. The maximum Gasteiger partial charge on any atom is 0.138 e. The van der Waals surface area contributed by atoms with Crippen LogP contribution in [0.15, 0.2) is 18.5 Å². The van der Waals surface area contributed by atoms with Crippen LogP contribution in [0.2, 0.25) is 0 Å². The molecule has 0 aliphatic heterocycles. The highest BCUT2D eigenvalue weighted by Gasteiger charge is 2.07. The van der Waals surface area contributed by atoms with Gasteiger partial charge in [0.15, 0.2) is 0 Å². The molecule has 0 saturated carbocycles. The lowest BCUT2D eigenvalue weighted by molar-refractivity contribution is 0.180. The molecule has 1 atom stereocenters. The van der Waals surface area contributed by atoms with Crippen molar-refractivity contribution in [1.29, 1.82) is 0 Å². The lowest BCUT2D eigenvalue weighted by atomic mass is 10.1. The van der Waals surface area contributed by atoms with E-state index in [0.29, 0.717) is 6.61 Å². The fraction of sp³-hybridized carbons (Fsp3) is 0.545. The Balaban J connectivity index is 2.73. The summed E-state index contributed by atoms with van der Waals surface area (Å²) >= 11 is 0. The van der Waals surface area contributed by atoms with Crippen molar-refractivity contribution in [3.8, 4) is 5.75 Å². The fourth-order valence-corrected chi connectivity index (χ4v) is 1.25. The van der Waals surface area contributed by atoms with Crippen molar-refractivity contribution in [3.05, 3.63) is 24.0 Å². The van der Waals surface area contributed by atoms with E-state index in [0.717, 1.165) is 11.3 Å². The van der Waals surface area contributed by atoms with E-state index >= 15 is 0 Å². The summed E-state index contributed by atoms with van der Waals surface area (Å²) in [6.45, 7) is 4.43. The van der Waals surface area contributed by atoms with Gasteiger partial charge >= 0.3 is 0 Å². The summed E-state index contributed by atoms with van der Waals surface area (Å²) in [5.41, 5.74) is 6.81. The topological polar surface area (TPSA) is 57.4 Å². The van der Waals surface area contributed by atoms with Crippen molar-refractivity contribution < 1.29 is 9.47 Å². The van der Waals surface area contributed by atoms with Crippen LogP contribution in [-0.4, -0.2) is 24.8 Å². The molecule has 1 aromatic heterocycles. The molecule has 4 nitrogen and oxygen atoms in total. The third kappa shape index (κ3) is 3.85.